The Morgan fingerprint density at radius 3 is 2.55 bits per heavy atom. The molecule has 0 radical (unpaired) electrons. The maximum atomic E-state index is 4.96. The molecule has 174 valence electrons. The molecule has 0 bridgehead atoms. The molecule has 2 aromatic rings. The second-order valence-corrected chi connectivity index (χ2v) is 10.3. The number of hydrogen-bond acceptors (Lipinski definition) is 6. The maximum Gasteiger partial charge on any atom is 0.224 e. The molecule has 3 aliphatic carbocycles. The number of benzene rings is 1. The van der Waals surface area contributed by atoms with Gasteiger partial charge in [-0.2, -0.15) is 4.98 Å². The van der Waals surface area contributed by atoms with Crippen molar-refractivity contribution in [3.8, 4) is 0 Å². The van der Waals surface area contributed by atoms with Crippen LogP contribution in [0, 0.1) is 5.92 Å². The van der Waals surface area contributed by atoms with Crippen LogP contribution >= 0.6 is 0 Å². The van der Waals surface area contributed by atoms with E-state index in [1.54, 1.807) is 0 Å². The quantitative estimate of drug-likeness (QED) is 0.530. The van der Waals surface area contributed by atoms with Crippen LogP contribution in [0.4, 0.5) is 17.5 Å². The molecule has 6 nitrogen and oxygen atoms in total. The molecule has 1 unspecified atom stereocenters. The van der Waals surface area contributed by atoms with Gasteiger partial charge in [-0.1, -0.05) is 37.8 Å². The molecule has 33 heavy (non-hydrogen) atoms. The average molecular weight is 445 g/mol. The molecule has 6 rings (SSSR count). The van der Waals surface area contributed by atoms with Crippen molar-refractivity contribution in [1.29, 1.82) is 0 Å². The topological polar surface area (TPSA) is 56.3 Å². The first kappa shape index (κ1) is 20.8. The Balaban J connectivity index is 1.28. The van der Waals surface area contributed by atoms with E-state index < -0.39 is 0 Å². The molecular formula is C27H36N6. The summed E-state index contributed by atoms with van der Waals surface area (Å²) in [5, 5.41) is 7.24. The summed E-state index contributed by atoms with van der Waals surface area (Å²) in [5.41, 5.74) is 2.54. The van der Waals surface area contributed by atoms with Crippen LogP contribution in [0.15, 0.2) is 48.9 Å². The predicted molar refractivity (Wildman–Crippen MR) is 134 cm³/mol. The van der Waals surface area contributed by atoms with Crippen LogP contribution in [0.25, 0.3) is 0 Å². The third-order valence-electron chi connectivity index (χ3n) is 7.76. The van der Waals surface area contributed by atoms with Gasteiger partial charge >= 0.3 is 0 Å². The van der Waals surface area contributed by atoms with Gasteiger partial charge in [0.1, 0.15) is 12.0 Å². The monoisotopic (exact) mass is 444 g/mol. The summed E-state index contributed by atoms with van der Waals surface area (Å²) in [6.07, 6.45) is 19.5. The normalized spacial score (nSPS) is 23.6. The molecule has 3 saturated carbocycles. The molecule has 6 heteroatoms. The Kier molecular flexibility index (Phi) is 5.83. The zero-order valence-corrected chi connectivity index (χ0v) is 19.5. The van der Waals surface area contributed by atoms with Crippen molar-refractivity contribution < 1.29 is 0 Å². The summed E-state index contributed by atoms with van der Waals surface area (Å²) in [7, 11) is 0. The molecular weight excluding hydrogens is 408 g/mol. The third kappa shape index (κ3) is 4.66. The highest BCUT2D eigenvalue weighted by Gasteiger charge is 2.35. The first-order valence-electron chi connectivity index (χ1n) is 13.0. The Labute approximate surface area is 197 Å². The standard InChI is InChI=1S/C27H36N6/c1-2-8-22(7-1)30-27-28-15-14-25(31-27)33-17-16-32(24-10-3-4-11-24)26(33)21-6-5-9-23(18-21)29-19-20-12-13-20/h5-6,9,14-18,20,22,24,26,29H,1-4,7-8,10-13,19H2,(H,28,30,31). The minimum Gasteiger partial charge on any atom is -0.385 e. The summed E-state index contributed by atoms with van der Waals surface area (Å²) >= 11 is 0. The van der Waals surface area contributed by atoms with Crippen LogP contribution in [0.1, 0.15) is 75.9 Å². The molecule has 4 aliphatic rings. The molecule has 1 atom stereocenters. The van der Waals surface area contributed by atoms with E-state index in [1.807, 2.05) is 12.3 Å². The Morgan fingerprint density at radius 1 is 0.909 bits per heavy atom. The van der Waals surface area contributed by atoms with Crippen LogP contribution in [-0.2, 0) is 0 Å². The summed E-state index contributed by atoms with van der Waals surface area (Å²) in [6.45, 7) is 1.09. The van der Waals surface area contributed by atoms with Gasteiger partial charge in [-0.15, -0.1) is 0 Å². The lowest BCUT2D eigenvalue weighted by atomic mass is 10.1. The molecule has 0 saturated heterocycles. The second-order valence-electron chi connectivity index (χ2n) is 10.3. The Morgan fingerprint density at radius 2 is 1.73 bits per heavy atom. The molecule has 0 amide bonds. The van der Waals surface area contributed by atoms with E-state index in [1.165, 1.54) is 75.5 Å². The predicted octanol–water partition coefficient (Wildman–Crippen LogP) is 5.89. The van der Waals surface area contributed by atoms with E-state index in [0.717, 1.165) is 24.2 Å². The summed E-state index contributed by atoms with van der Waals surface area (Å²) in [5.74, 6) is 2.58. The third-order valence-corrected chi connectivity index (χ3v) is 7.76. The first-order chi connectivity index (χ1) is 16.3. The maximum absolute atomic E-state index is 4.96. The lowest BCUT2D eigenvalue weighted by Crippen LogP contribution is -2.36. The number of rotatable bonds is 8. The number of nitrogens with zero attached hydrogens (tertiary/aromatic N) is 4. The van der Waals surface area contributed by atoms with E-state index in [0.29, 0.717) is 12.1 Å². The summed E-state index contributed by atoms with van der Waals surface area (Å²) < 4.78 is 0. The molecule has 2 N–H and O–H groups in total. The van der Waals surface area contributed by atoms with Crippen molar-refractivity contribution in [3.63, 3.8) is 0 Å². The van der Waals surface area contributed by atoms with Gasteiger partial charge in [0.2, 0.25) is 5.95 Å². The van der Waals surface area contributed by atoms with Crippen LogP contribution in [0.2, 0.25) is 0 Å². The number of anilines is 3. The zero-order valence-electron chi connectivity index (χ0n) is 19.5. The van der Waals surface area contributed by atoms with Gasteiger partial charge in [0, 0.05) is 42.9 Å². The molecule has 0 spiro atoms. The molecule has 1 aromatic carbocycles. The zero-order chi connectivity index (χ0) is 22.0. The first-order valence-corrected chi connectivity index (χ1v) is 13.0. The minimum atomic E-state index is 0.130. The average Bonchev–Trinajstić information content (AvgIpc) is 3.25. The lowest BCUT2D eigenvalue weighted by Gasteiger charge is -2.36. The number of aromatic nitrogens is 2. The minimum absolute atomic E-state index is 0.130. The van der Waals surface area contributed by atoms with Crippen molar-refractivity contribution in [2.24, 2.45) is 5.92 Å². The fourth-order valence-corrected chi connectivity index (χ4v) is 5.72. The Hall–Kier alpha value is -2.76. The fraction of sp³-hybridized carbons (Fsp3) is 0.556. The largest absolute Gasteiger partial charge is 0.385 e. The molecule has 1 aromatic heterocycles. The van der Waals surface area contributed by atoms with Crippen molar-refractivity contribution in [2.45, 2.75) is 82.5 Å². The van der Waals surface area contributed by atoms with Gasteiger partial charge < -0.3 is 20.4 Å². The van der Waals surface area contributed by atoms with E-state index >= 15 is 0 Å². The fourth-order valence-electron chi connectivity index (χ4n) is 5.72. The Bertz CT molecular complexity index is 974. The molecule has 3 fully saturated rings. The van der Waals surface area contributed by atoms with Crippen LogP contribution < -0.4 is 15.5 Å². The van der Waals surface area contributed by atoms with Gasteiger partial charge in [0.05, 0.1) is 0 Å². The highest BCUT2D eigenvalue weighted by Crippen LogP contribution is 2.40. The van der Waals surface area contributed by atoms with Gasteiger partial charge in [0.25, 0.3) is 0 Å². The highest BCUT2D eigenvalue weighted by atomic mass is 15.4. The van der Waals surface area contributed by atoms with Gasteiger partial charge in [-0.25, -0.2) is 4.98 Å². The molecule has 1 aliphatic heterocycles. The van der Waals surface area contributed by atoms with E-state index in [2.05, 4.69) is 62.1 Å². The van der Waals surface area contributed by atoms with E-state index in [9.17, 15) is 0 Å². The molecule has 2 heterocycles. The summed E-state index contributed by atoms with van der Waals surface area (Å²) in [4.78, 5) is 14.4. The van der Waals surface area contributed by atoms with E-state index in [4.69, 9.17) is 4.98 Å². The van der Waals surface area contributed by atoms with Gasteiger partial charge in [-0.3, -0.25) is 0 Å². The SMILES string of the molecule is C1=CN(C2CCCC2)C(c2cccc(NCC3CC3)c2)N1c1ccnc(NC2CCCC2)n1. The number of nitrogens with one attached hydrogen (secondary N) is 2. The van der Waals surface area contributed by atoms with Crippen molar-refractivity contribution in [2.75, 3.05) is 22.1 Å². The second kappa shape index (κ2) is 9.24. The van der Waals surface area contributed by atoms with Crippen molar-refractivity contribution in [3.05, 3.63) is 54.5 Å². The van der Waals surface area contributed by atoms with Crippen molar-refractivity contribution in [1.82, 2.24) is 14.9 Å². The smallest absolute Gasteiger partial charge is 0.224 e. The van der Waals surface area contributed by atoms with Crippen LogP contribution in [0.3, 0.4) is 0 Å². The van der Waals surface area contributed by atoms with Gasteiger partial charge in [-0.05, 0) is 68.2 Å². The highest BCUT2D eigenvalue weighted by molar-refractivity contribution is 5.53. The van der Waals surface area contributed by atoms with Crippen molar-refractivity contribution >= 4 is 17.5 Å². The van der Waals surface area contributed by atoms with Crippen LogP contribution in [0.5, 0.6) is 0 Å². The lowest BCUT2D eigenvalue weighted by molar-refractivity contribution is 0.226. The summed E-state index contributed by atoms with van der Waals surface area (Å²) in [6, 6.07) is 12.2. The van der Waals surface area contributed by atoms with Gasteiger partial charge in [0.15, 0.2) is 0 Å². The number of hydrogen-bond donors (Lipinski definition) is 2. The van der Waals surface area contributed by atoms with Crippen LogP contribution in [-0.4, -0.2) is 33.5 Å². The van der Waals surface area contributed by atoms with E-state index in [-0.39, 0.29) is 6.17 Å².